The zero-order valence-corrected chi connectivity index (χ0v) is 15.3. The van der Waals surface area contributed by atoms with Gasteiger partial charge in [0.25, 0.3) is 5.91 Å². The number of anilines is 1. The number of ether oxygens (including phenoxy) is 1. The minimum Gasteiger partial charge on any atom is -0.480 e. The van der Waals surface area contributed by atoms with Gasteiger partial charge in [-0.3, -0.25) is 9.59 Å². The van der Waals surface area contributed by atoms with E-state index in [-0.39, 0.29) is 12.5 Å². The molecule has 0 heterocycles. The van der Waals surface area contributed by atoms with Crippen LogP contribution in [0.1, 0.15) is 28.4 Å². The van der Waals surface area contributed by atoms with Crippen molar-refractivity contribution >= 4 is 23.5 Å². The fraction of sp³-hybridized carbons (Fsp3) is 0.250. The molecule has 8 nitrogen and oxygen atoms in total. The van der Waals surface area contributed by atoms with Crippen LogP contribution in [-0.4, -0.2) is 40.2 Å². The maximum atomic E-state index is 12.3. The number of aryl methyl sites for hydroxylation is 1. The van der Waals surface area contributed by atoms with Gasteiger partial charge in [-0.25, -0.2) is 4.79 Å². The lowest BCUT2D eigenvalue weighted by molar-refractivity contribution is -0.159. The highest BCUT2D eigenvalue weighted by Crippen LogP contribution is 2.15. The molecule has 0 aromatic heterocycles. The van der Waals surface area contributed by atoms with Crippen LogP contribution in [0.15, 0.2) is 48.5 Å². The van der Waals surface area contributed by atoms with Gasteiger partial charge in [0.15, 0.2) is 6.10 Å². The second-order valence-corrected chi connectivity index (χ2v) is 6.14. The van der Waals surface area contributed by atoms with Crippen LogP contribution in [0.2, 0.25) is 0 Å². The second kappa shape index (κ2) is 9.63. The molecule has 0 aliphatic rings. The summed E-state index contributed by atoms with van der Waals surface area (Å²) in [5.41, 5.74) is 8.04. The van der Waals surface area contributed by atoms with Gasteiger partial charge in [-0.05, 0) is 41.8 Å². The van der Waals surface area contributed by atoms with Crippen molar-refractivity contribution in [1.29, 1.82) is 0 Å². The lowest BCUT2D eigenvalue weighted by atomic mass is 10.1. The van der Waals surface area contributed by atoms with Gasteiger partial charge in [0.05, 0.1) is 6.61 Å². The van der Waals surface area contributed by atoms with Gasteiger partial charge in [-0.2, -0.15) is 0 Å². The standard InChI is InChI=1S/C20H22N2O6/c1-2-12-6-8-14(9-7-12)18(23)22-15-5-3-4-13(10-15)11-28-17(20(26)27)16(21)19(24)25/h3-10,16-17H,2,11,21H2,1H3,(H,22,23)(H,24,25)(H,26,27)/t16-,17-/m0/s1. The van der Waals surface area contributed by atoms with Gasteiger partial charge in [-0.1, -0.05) is 31.2 Å². The fourth-order valence-corrected chi connectivity index (χ4v) is 2.48. The molecule has 28 heavy (non-hydrogen) atoms. The molecular weight excluding hydrogens is 364 g/mol. The monoisotopic (exact) mass is 386 g/mol. The van der Waals surface area contributed by atoms with Crippen LogP contribution in [0.5, 0.6) is 0 Å². The number of benzene rings is 2. The van der Waals surface area contributed by atoms with E-state index in [9.17, 15) is 14.4 Å². The normalized spacial score (nSPS) is 12.8. The van der Waals surface area contributed by atoms with E-state index < -0.39 is 24.1 Å². The number of rotatable bonds is 9. The highest BCUT2D eigenvalue weighted by molar-refractivity contribution is 6.04. The Balaban J connectivity index is 2.03. The number of nitrogens with two attached hydrogens (primary N) is 1. The number of carboxylic acids is 2. The van der Waals surface area contributed by atoms with Gasteiger partial charge in [-0.15, -0.1) is 0 Å². The summed E-state index contributed by atoms with van der Waals surface area (Å²) < 4.78 is 5.16. The van der Waals surface area contributed by atoms with E-state index in [1.54, 1.807) is 36.4 Å². The molecular formula is C20H22N2O6. The van der Waals surface area contributed by atoms with Gasteiger partial charge in [0.2, 0.25) is 0 Å². The molecule has 148 valence electrons. The van der Waals surface area contributed by atoms with Crippen LogP contribution >= 0.6 is 0 Å². The summed E-state index contributed by atoms with van der Waals surface area (Å²) in [7, 11) is 0. The van der Waals surface area contributed by atoms with E-state index in [1.165, 1.54) is 0 Å². The van der Waals surface area contributed by atoms with Crippen LogP contribution in [0.4, 0.5) is 5.69 Å². The summed E-state index contributed by atoms with van der Waals surface area (Å²) in [6.07, 6.45) is -0.805. The Morgan fingerprint density at radius 2 is 1.71 bits per heavy atom. The number of hydrogen-bond donors (Lipinski definition) is 4. The van der Waals surface area contributed by atoms with E-state index in [0.29, 0.717) is 16.8 Å². The third-order valence-electron chi connectivity index (χ3n) is 4.09. The van der Waals surface area contributed by atoms with Crippen molar-refractivity contribution in [3.63, 3.8) is 0 Å². The lowest BCUT2D eigenvalue weighted by Gasteiger charge is -2.17. The van der Waals surface area contributed by atoms with E-state index in [0.717, 1.165) is 12.0 Å². The maximum absolute atomic E-state index is 12.3. The number of amides is 1. The van der Waals surface area contributed by atoms with Gasteiger partial charge in [0, 0.05) is 11.3 Å². The van der Waals surface area contributed by atoms with Crippen molar-refractivity contribution in [2.24, 2.45) is 5.73 Å². The Morgan fingerprint density at radius 3 is 2.29 bits per heavy atom. The van der Waals surface area contributed by atoms with Gasteiger partial charge < -0.3 is 26.0 Å². The summed E-state index contributed by atoms with van der Waals surface area (Å²) >= 11 is 0. The van der Waals surface area contributed by atoms with Crippen molar-refractivity contribution in [1.82, 2.24) is 0 Å². The van der Waals surface area contributed by atoms with Crippen LogP contribution in [0, 0.1) is 0 Å². The summed E-state index contributed by atoms with van der Waals surface area (Å²) in [5.74, 6) is -3.21. The molecule has 2 aromatic rings. The Bertz CT molecular complexity index is 850. The Morgan fingerprint density at radius 1 is 1.04 bits per heavy atom. The van der Waals surface area contributed by atoms with E-state index in [4.69, 9.17) is 20.7 Å². The SMILES string of the molecule is CCc1ccc(C(=O)Nc2cccc(CO[C@H](C(=O)O)[C@H](N)C(=O)O)c2)cc1. The highest BCUT2D eigenvalue weighted by Gasteiger charge is 2.31. The highest BCUT2D eigenvalue weighted by atomic mass is 16.5. The first kappa shape index (κ1) is 21.1. The number of nitrogens with one attached hydrogen (secondary N) is 1. The first-order valence-electron chi connectivity index (χ1n) is 8.63. The molecule has 0 radical (unpaired) electrons. The third-order valence-corrected chi connectivity index (χ3v) is 4.09. The molecule has 2 aromatic carbocycles. The number of aliphatic carboxylic acids is 2. The van der Waals surface area contributed by atoms with Crippen LogP contribution in [-0.2, 0) is 27.4 Å². The predicted molar refractivity (Wildman–Crippen MR) is 102 cm³/mol. The molecule has 0 aliphatic heterocycles. The van der Waals surface area contributed by atoms with Crippen LogP contribution in [0.25, 0.3) is 0 Å². The average Bonchev–Trinajstić information content (AvgIpc) is 2.68. The molecule has 0 spiro atoms. The summed E-state index contributed by atoms with van der Waals surface area (Å²) in [6.45, 7) is 1.85. The Labute approximate surface area is 161 Å². The van der Waals surface area contributed by atoms with Crippen molar-refractivity contribution in [2.75, 3.05) is 5.32 Å². The Kier molecular flexibility index (Phi) is 7.25. The quantitative estimate of drug-likeness (QED) is 0.516. The molecule has 0 saturated carbocycles. The third kappa shape index (κ3) is 5.63. The van der Waals surface area contributed by atoms with Crippen molar-refractivity contribution in [2.45, 2.75) is 32.1 Å². The number of carbonyl (C=O) groups excluding carboxylic acids is 1. The van der Waals surface area contributed by atoms with Gasteiger partial charge in [0.1, 0.15) is 6.04 Å². The first-order valence-corrected chi connectivity index (χ1v) is 8.63. The summed E-state index contributed by atoms with van der Waals surface area (Å²) in [5, 5.41) is 20.7. The van der Waals surface area contributed by atoms with Gasteiger partial charge >= 0.3 is 11.9 Å². The smallest absolute Gasteiger partial charge is 0.335 e. The lowest BCUT2D eigenvalue weighted by Crippen LogP contribution is -2.47. The molecule has 8 heteroatoms. The van der Waals surface area contributed by atoms with E-state index in [2.05, 4.69) is 5.32 Å². The average molecular weight is 386 g/mol. The molecule has 0 saturated heterocycles. The minimum absolute atomic E-state index is 0.174. The zero-order chi connectivity index (χ0) is 20.7. The Hall–Kier alpha value is -3.23. The maximum Gasteiger partial charge on any atom is 0.335 e. The number of carboxylic acid groups (broad SMARTS) is 2. The number of carbonyl (C=O) groups is 3. The van der Waals surface area contributed by atoms with Crippen molar-refractivity contribution < 1.29 is 29.3 Å². The molecule has 2 rings (SSSR count). The zero-order valence-electron chi connectivity index (χ0n) is 15.3. The summed E-state index contributed by atoms with van der Waals surface area (Å²) in [6, 6.07) is 12.2. The summed E-state index contributed by atoms with van der Waals surface area (Å²) in [4.78, 5) is 34.4. The first-order chi connectivity index (χ1) is 13.3. The van der Waals surface area contributed by atoms with Crippen molar-refractivity contribution in [3.8, 4) is 0 Å². The molecule has 5 N–H and O–H groups in total. The van der Waals surface area contributed by atoms with Crippen molar-refractivity contribution in [3.05, 3.63) is 65.2 Å². The second-order valence-electron chi connectivity index (χ2n) is 6.14. The largest absolute Gasteiger partial charge is 0.480 e. The molecule has 0 fully saturated rings. The van der Waals surface area contributed by atoms with Crippen LogP contribution in [0.3, 0.4) is 0 Å². The molecule has 0 bridgehead atoms. The molecule has 0 aliphatic carbocycles. The number of hydrogen-bond acceptors (Lipinski definition) is 5. The molecule has 1 amide bonds. The van der Waals surface area contributed by atoms with Crippen LogP contribution < -0.4 is 11.1 Å². The predicted octanol–water partition coefficient (Wildman–Crippen LogP) is 1.88. The molecule has 0 unspecified atom stereocenters. The fourth-order valence-electron chi connectivity index (χ4n) is 2.48. The minimum atomic E-state index is -1.69. The van der Waals surface area contributed by atoms with E-state index >= 15 is 0 Å². The topological polar surface area (TPSA) is 139 Å². The molecule has 2 atom stereocenters. The van der Waals surface area contributed by atoms with E-state index in [1.807, 2.05) is 19.1 Å².